The first-order chi connectivity index (χ1) is 9.47. The Bertz CT molecular complexity index is 381. The molecule has 0 heterocycles. The van der Waals surface area contributed by atoms with Gasteiger partial charge in [-0.25, -0.2) is 0 Å². The fourth-order valence-electron chi connectivity index (χ4n) is 2.31. The Morgan fingerprint density at radius 2 is 1.95 bits per heavy atom. The molecule has 114 valence electrons. The second kappa shape index (κ2) is 8.31. The third-order valence-corrected chi connectivity index (χ3v) is 3.65. The van der Waals surface area contributed by atoms with Gasteiger partial charge >= 0.3 is 0 Å². The van der Waals surface area contributed by atoms with Gasteiger partial charge in [-0.2, -0.15) is 0 Å². The van der Waals surface area contributed by atoms with Crippen LogP contribution >= 0.6 is 0 Å². The largest absolute Gasteiger partial charge is 0.494 e. The van der Waals surface area contributed by atoms with Gasteiger partial charge in [0.15, 0.2) is 0 Å². The van der Waals surface area contributed by atoms with Crippen LogP contribution in [-0.4, -0.2) is 19.2 Å². The van der Waals surface area contributed by atoms with Crippen LogP contribution < -0.4 is 10.1 Å². The molecule has 0 aliphatic rings. The van der Waals surface area contributed by atoms with Crippen molar-refractivity contribution in [2.24, 2.45) is 0 Å². The van der Waals surface area contributed by atoms with Crippen molar-refractivity contribution in [3.63, 3.8) is 0 Å². The highest BCUT2D eigenvalue weighted by molar-refractivity contribution is 5.32. The SMILES string of the molecule is CCNC(CC)CCCOc1cccc(C(C)(C)C)c1. The summed E-state index contributed by atoms with van der Waals surface area (Å²) in [7, 11) is 0. The topological polar surface area (TPSA) is 21.3 Å². The van der Waals surface area contributed by atoms with Gasteiger partial charge < -0.3 is 10.1 Å². The molecule has 1 unspecified atom stereocenters. The van der Waals surface area contributed by atoms with E-state index >= 15 is 0 Å². The first-order valence-electron chi connectivity index (χ1n) is 7.94. The summed E-state index contributed by atoms with van der Waals surface area (Å²) >= 11 is 0. The number of hydrogen-bond acceptors (Lipinski definition) is 2. The van der Waals surface area contributed by atoms with Crippen molar-refractivity contribution in [3.05, 3.63) is 29.8 Å². The van der Waals surface area contributed by atoms with Gasteiger partial charge in [-0.05, 0) is 48.9 Å². The maximum Gasteiger partial charge on any atom is 0.119 e. The van der Waals surface area contributed by atoms with E-state index < -0.39 is 0 Å². The third-order valence-electron chi connectivity index (χ3n) is 3.65. The average Bonchev–Trinajstić information content (AvgIpc) is 2.41. The van der Waals surface area contributed by atoms with Crippen LogP contribution in [0.4, 0.5) is 0 Å². The third kappa shape index (κ3) is 5.96. The van der Waals surface area contributed by atoms with E-state index in [2.05, 4.69) is 64.2 Å². The van der Waals surface area contributed by atoms with Crippen LogP contribution in [0.3, 0.4) is 0 Å². The first kappa shape index (κ1) is 17.0. The Morgan fingerprint density at radius 1 is 1.20 bits per heavy atom. The maximum atomic E-state index is 5.89. The normalized spacial score (nSPS) is 13.2. The smallest absolute Gasteiger partial charge is 0.119 e. The molecular formula is C18H31NO. The van der Waals surface area contributed by atoms with Gasteiger partial charge in [0, 0.05) is 6.04 Å². The molecule has 1 aromatic rings. The van der Waals surface area contributed by atoms with Gasteiger partial charge in [0.1, 0.15) is 5.75 Å². The molecule has 1 rings (SSSR count). The van der Waals surface area contributed by atoms with Crippen molar-refractivity contribution in [1.29, 1.82) is 0 Å². The first-order valence-corrected chi connectivity index (χ1v) is 7.94. The number of rotatable bonds is 8. The summed E-state index contributed by atoms with van der Waals surface area (Å²) in [5.74, 6) is 0.994. The molecule has 0 radical (unpaired) electrons. The van der Waals surface area contributed by atoms with Gasteiger partial charge in [-0.3, -0.25) is 0 Å². The predicted octanol–water partition coefficient (Wildman–Crippen LogP) is 4.53. The molecule has 0 fully saturated rings. The van der Waals surface area contributed by atoms with Crippen LogP contribution in [0.5, 0.6) is 5.75 Å². The van der Waals surface area contributed by atoms with E-state index in [4.69, 9.17) is 4.74 Å². The lowest BCUT2D eigenvalue weighted by Gasteiger charge is -2.20. The highest BCUT2D eigenvalue weighted by atomic mass is 16.5. The molecule has 1 N–H and O–H groups in total. The predicted molar refractivity (Wildman–Crippen MR) is 87.6 cm³/mol. The van der Waals surface area contributed by atoms with Crippen molar-refractivity contribution in [2.75, 3.05) is 13.2 Å². The van der Waals surface area contributed by atoms with Gasteiger partial charge in [0.05, 0.1) is 6.61 Å². The Morgan fingerprint density at radius 3 is 2.55 bits per heavy atom. The summed E-state index contributed by atoms with van der Waals surface area (Å²) in [5.41, 5.74) is 1.51. The fraction of sp³-hybridized carbons (Fsp3) is 0.667. The van der Waals surface area contributed by atoms with E-state index in [1.54, 1.807) is 0 Å². The zero-order chi connectivity index (χ0) is 15.0. The quantitative estimate of drug-likeness (QED) is 0.705. The van der Waals surface area contributed by atoms with Crippen molar-refractivity contribution in [1.82, 2.24) is 5.32 Å². The molecule has 0 spiro atoms. The van der Waals surface area contributed by atoms with Gasteiger partial charge in [-0.1, -0.05) is 46.8 Å². The lowest BCUT2D eigenvalue weighted by molar-refractivity contribution is 0.294. The molecule has 0 aliphatic heterocycles. The molecule has 0 aliphatic carbocycles. The van der Waals surface area contributed by atoms with E-state index in [1.165, 1.54) is 18.4 Å². The van der Waals surface area contributed by atoms with Crippen molar-refractivity contribution in [3.8, 4) is 5.75 Å². The number of hydrogen-bond donors (Lipinski definition) is 1. The second-order valence-corrected chi connectivity index (χ2v) is 6.43. The lowest BCUT2D eigenvalue weighted by atomic mass is 9.87. The van der Waals surface area contributed by atoms with Crippen molar-refractivity contribution < 1.29 is 4.74 Å². The minimum absolute atomic E-state index is 0.178. The summed E-state index contributed by atoms with van der Waals surface area (Å²) in [6, 6.07) is 9.11. The lowest BCUT2D eigenvalue weighted by Crippen LogP contribution is -2.28. The molecule has 0 saturated carbocycles. The molecule has 2 nitrogen and oxygen atoms in total. The molecule has 1 atom stereocenters. The summed E-state index contributed by atoms with van der Waals surface area (Å²) in [6.45, 7) is 12.9. The van der Waals surface area contributed by atoms with Gasteiger partial charge in [0.2, 0.25) is 0 Å². The number of nitrogens with one attached hydrogen (secondary N) is 1. The van der Waals surface area contributed by atoms with Crippen LogP contribution in [0.1, 0.15) is 59.4 Å². The summed E-state index contributed by atoms with van der Waals surface area (Å²) < 4.78 is 5.89. The molecule has 2 heteroatoms. The molecule has 0 amide bonds. The van der Waals surface area contributed by atoms with Crippen LogP contribution in [0.2, 0.25) is 0 Å². The van der Waals surface area contributed by atoms with Crippen LogP contribution in [-0.2, 0) is 5.41 Å². The van der Waals surface area contributed by atoms with Crippen molar-refractivity contribution in [2.45, 2.75) is 65.3 Å². The van der Waals surface area contributed by atoms with Crippen LogP contribution in [0, 0.1) is 0 Å². The Hall–Kier alpha value is -1.02. The molecule has 1 aromatic carbocycles. The summed E-state index contributed by atoms with van der Waals surface area (Å²) in [6.07, 6.45) is 3.47. The second-order valence-electron chi connectivity index (χ2n) is 6.43. The van der Waals surface area contributed by atoms with E-state index in [0.29, 0.717) is 6.04 Å². The van der Waals surface area contributed by atoms with Gasteiger partial charge in [0.25, 0.3) is 0 Å². The van der Waals surface area contributed by atoms with E-state index in [-0.39, 0.29) is 5.41 Å². The van der Waals surface area contributed by atoms with E-state index in [0.717, 1.165) is 25.3 Å². The minimum Gasteiger partial charge on any atom is -0.494 e. The number of benzene rings is 1. The summed E-state index contributed by atoms with van der Waals surface area (Å²) in [5, 5.41) is 3.50. The average molecular weight is 277 g/mol. The Labute approximate surface area is 124 Å². The highest BCUT2D eigenvalue weighted by Crippen LogP contribution is 2.25. The molecular weight excluding hydrogens is 246 g/mol. The Balaban J connectivity index is 2.39. The Kier molecular flexibility index (Phi) is 7.08. The van der Waals surface area contributed by atoms with E-state index in [9.17, 15) is 0 Å². The van der Waals surface area contributed by atoms with Gasteiger partial charge in [-0.15, -0.1) is 0 Å². The van der Waals surface area contributed by atoms with Crippen LogP contribution in [0.15, 0.2) is 24.3 Å². The van der Waals surface area contributed by atoms with Crippen molar-refractivity contribution >= 4 is 0 Å². The zero-order valence-corrected chi connectivity index (χ0v) is 13.8. The fourth-order valence-corrected chi connectivity index (χ4v) is 2.31. The zero-order valence-electron chi connectivity index (χ0n) is 13.8. The molecule has 20 heavy (non-hydrogen) atoms. The molecule has 0 aromatic heterocycles. The summed E-state index contributed by atoms with van der Waals surface area (Å²) in [4.78, 5) is 0. The standard InChI is InChI=1S/C18H31NO/c1-6-16(19-7-2)11-9-13-20-17-12-8-10-15(14-17)18(3,4)5/h8,10,12,14,16,19H,6-7,9,11,13H2,1-5H3. The molecule has 0 saturated heterocycles. The minimum atomic E-state index is 0.178. The maximum absolute atomic E-state index is 5.89. The monoisotopic (exact) mass is 277 g/mol. The van der Waals surface area contributed by atoms with Crippen LogP contribution in [0.25, 0.3) is 0 Å². The van der Waals surface area contributed by atoms with E-state index in [1.807, 2.05) is 0 Å². The number of ether oxygens (including phenoxy) is 1. The molecule has 0 bridgehead atoms. The highest BCUT2D eigenvalue weighted by Gasteiger charge is 2.13.